The summed E-state index contributed by atoms with van der Waals surface area (Å²) in [5, 5.41) is 10.5. The minimum Gasteiger partial charge on any atom is -0.407 e. The van der Waals surface area contributed by atoms with Gasteiger partial charge < -0.3 is 4.42 Å². The topological polar surface area (TPSA) is 105 Å². The summed E-state index contributed by atoms with van der Waals surface area (Å²) in [6.45, 7) is 6.64. The third-order valence-corrected chi connectivity index (χ3v) is 8.35. The minimum absolute atomic E-state index is 0.000337. The Kier molecular flexibility index (Phi) is 7.13. The van der Waals surface area contributed by atoms with Crippen molar-refractivity contribution in [2.75, 3.05) is 11.9 Å². The molecule has 9 heteroatoms. The number of hydrogen-bond donors (Lipinski definition) is 1. The second-order valence-electron chi connectivity index (χ2n) is 8.75. The van der Waals surface area contributed by atoms with Crippen LogP contribution in [0.3, 0.4) is 0 Å². The molecular weight excluding hydrogens is 452 g/mol. The van der Waals surface area contributed by atoms with Crippen LogP contribution in [0.25, 0.3) is 0 Å². The number of nitrogens with one attached hydrogen (secondary N) is 1. The van der Waals surface area contributed by atoms with Gasteiger partial charge in [-0.15, -0.1) is 5.10 Å². The van der Waals surface area contributed by atoms with E-state index in [1.54, 1.807) is 4.31 Å². The van der Waals surface area contributed by atoms with Crippen molar-refractivity contribution in [1.29, 1.82) is 0 Å². The van der Waals surface area contributed by atoms with E-state index in [4.69, 9.17) is 4.42 Å². The van der Waals surface area contributed by atoms with Gasteiger partial charge in [0.1, 0.15) is 0 Å². The van der Waals surface area contributed by atoms with E-state index < -0.39 is 15.9 Å². The highest BCUT2D eigenvalue weighted by atomic mass is 32.2. The largest absolute Gasteiger partial charge is 0.407 e. The molecule has 0 radical (unpaired) electrons. The summed E-state index contributed by atoms with van der Waals surface area (Å²) in [4.78, 5) is 12.8. The molecule has 0 spiro atoms. The molecule has 0 bridgehead atoms. The highest BCUT2D eigenvalue weighted by molar-refractivity contribution is 7.89. The van der Waals surface area contributed by atoms with Crippen molar-refractivity contribution in [2.24, 2.45) is 0 Å². The molecule has 2 heterocycles. The Morgan fingerprint density at radius 2 is 1.85 bits per heavy atom. The van der Waals surface area contributed by atoms with E-state index in [2.05, 4.69) is 28.5 Å². The monoisotopic (exact) mass is 482 g/mol. The average Bonchev–Trinajstić information content (AvgIpc) is 3.28. The van der Waals surface area contributed by atoms with E-state index in [9.17, 15) is 13.2 Å². The lowest BCUT2D eigenvalue weighted by molar-refractivity contribution is 0.102. The summed E-state index contributed by atoms with van der Waals surface area (Å²) >= 11 is 0. The van der Waals surface area contributed by atoms with Crippen molar-refractivity contribution in [3.05, 3.63) is 70.6 Å². The zero-order chi connectivity index (χ0) is 24.3. The van der Waals surface area contributed by atoms with Crippen LogP contribution in [0.2, 0.25) is 0 Å². The SMILES string of the molecule is CCC1CCCCN1S(=O)(=O)c1ccc(C(=O)Nc2nnc(Cc3ccc(C)c(C)c3)o2)cc1. The molecule has 1 atom stereocenters. The molecule has 34 heavy (non-hydrogen) atoms. The first-order chi connectivity index (χ1) is 16.3. The Hall–Kier alpha value is -3.04. The lowest BCUT2D eigenvalue weighted by Gasteiger charge is -2.34. The van der Waals surface area contributed by atoms with Crippen molar-refractivity contribution in [3.63, 3.8) is 0 Å². The van der Waals surface area contributed by atoms with Gasteiger partial charge in [0, 0.05) is 18.2 Å². The molecule has 1 unspecified atom stereocenters. The number of carbonyl (C=O) groups is 1. The van der Waals surface area contributed by atoms with Crippen LogP contribution in [0.5, 0.6) is 0 Å². The molecule has 4 rings (SSSR count). The van der Waals surface area contributed by atoms with Crippen molar-refractivity contribution >= 4 is 21.9 Å². The molecule has 1 amide bonds. The fourth-order valence-electron chi connectivity index (χ4n) is 4.24. The van der Waals surface area contributed by atoms with Crippen LogP contribution in [-0.4, -0.2) is 41.4 Å². The van der Waals surface area contributed by atoms with Gasteiger partial charge in [-0.05, 0) is 74.1 Å². The van der Waals surface area contributed by atoms with E-state index in [0.29, 0.717) is 24.4 Å². The maximum Gasteiger partial charge on any atom is 0.322 e. The zero-order valence-corrected chi connectivity index (χ0v) is 20.6. The third kappa shape index (κ3) is 5.20. The number of piperidine rings is 1. The molecule has 1 saturated heterocycles. The highest BCUT2D eigenvalue weighted by Crippen LogP contribution is 2.27. The summed E-state index contributed by atoms with van der Waals surface area (Å²) in [5.41, 5.74) is 3.74. The fourth-order valence-corrected chi connectivity index (χ4v) is 6.01. The van der Waals surface area contributed by atoms with Gasteiger partial charge in [-0.1, -0.05) is 36.6 Å². The molecule has 1 aliphatic heterocycles. The number of nitrogens with zero attached hydrogens (tertiary/aromatic N) is 3. The van der Waals surface area contributed by atoms with Crippen LogP contribution in [0, 0.1) is 13.8 Å². The second kappa shape index (κ2) is 10.1. The fraction of sp³-hybridized carbons (Fsp3) is 0.400. The molecule has 0 aliphatic carbocycles. The van der Waals surface area contributed by atoms with Gasteiger partial charge in [-0.3, -0.25) is 10.1 Å². The predicted octanol–water partition coefficient (Wildman–Crippen LogP) is 4.48. The standard InChI is InChI=1S/C25H30N4O4S/c1-4-21-7-5-6-14-29(21)34(31,32)22-12-10-20(11-13-22)24(30)26-25-28-27-23(33-25)16-19-9-8-17(2)18(3)15-19/h8-13,15,21H,4-7,14,16H2,1-3H3,(H,26,28,30). The van der Waals surface area contributed by atoms with Gasteiger partial charge in [0.25, 0.3) is 5.91 Å². The van der Waals surface area contributed by atoms with Crippen molar-refractivity contribution in [3.8, 4) is 0 Å². The van der Waals surface area contributed by atoms with Crippen LogP contribution in [-0.2, 0) is 16.4 Å². The summed E-state index contributed by atoms with van der Waals surface area (Å²) < 4.78 is 33.4. The van der Waals surface area contributed by atoms with Crippen LogP contribution >= 0.6 is 0 Å². The zero-order valence-electron chi connectivity index (χ0n) is 19.7. The van der Waals surface area contributed by atoms with Gasteiger partial charge in [-0.25, -0.2) is 8.42 Å². The normalized spacial score (nSPS) is 17.0. The van der Waals surface area contributed by atoms with Crippen molar-refractivity contribution < 1.29 is 17.6 Å². The Morgan fingerprint density at radius 1 is 1.09 bits per heavy atom. The van der Waals surface area contributed by atoms with Gasteiger partial charge >= 0.3 is 6.01 Å². The molecule has 180 valence electrons. The first kappa shape index (κ1) is 24.1. The third-order valence-electron chi connectivity index (χ3n) is 6.38. The molecule has 1 N–H and O–H groups in total. The first-order valence-electron chi connectivity index (χ1n) is 11.6. The number of aryl methyl sites for hydroxylation is 2. The minimum atomic E-state index is -3.60. The lowest BCUT2D eigenvalue weighted by atomic mass is 10.0. The molecule has 1 aromatic heterocycles. The molecule has 1 aliphatic rings. The van der Waals surface area contributed by atoms with Gasteiger partial charge in [0.05, 0.1) is 11.3 Å². The van der Waals surface area contributed by atoms with Gasteiger partial charge in [0.2, 0.25) is 15.9 Å². The number of sulfonamides is 1. The van der Waals surface area contributed by atoms with Gasteiger partial charge in [0.15, 0.2) is 0 Å². The van der Waals surface area contributed by atoms with E-state index in [1.165, 1.54) is 35.4 Å². The molecular formula is C25H30N4O4S. The smallest absolute Gasteiger partial charge is 0.322 e. The Morgan fingerprint density at radius 3 is 2.56 bits per heavy atom. The molecule has 2 aromatic carbocycles. The van der Waals surface area contributed by atoms with E-state index >= 15 is 0 Å². The number of carbonyl (C=O) groups excluding carboxylic acids is 1. The maximum atomic E-state index is 13.1. The van der Waals surface area contributed by atoms with Crippen LogP contribution < -0.4 is 5.32 Å². The first-order valence-corrected chi connectivity index (χ1v) is 13.0. The Bertz CT molecular complexity index is 1270. The summed E-state index contributed by atoms with van der Waals surface area (Å²) in [7, 11) is -3.60. The average molecular weight is 483 g/mol. The quantitative estimate of drug-likeness (QED) is 0.532. The number of benzene rings is 2. The van der Waals surface area contributed by atoms with E-state index in [-0.39, 0.29) is 17.0 Å². The Balaban J connectivity index is 1.42. The number of rotatable bonds is 7. The summed E-state index contributed by atoms with van der Waals surface area (Å²) in [6, 6.07) is 12.1. The van der Waals surface area contributed by atoms with Crippen molar-refractivity contribution in [1.82, 2.24) is 14.5 Å². The van der Waals surface area contributed by atoms with E-state index in [0.717, 1.165) is 31.2 Å². The summed E-state index contributed by atoms with van der Waals surface area (Å²) in [6.07, 6.45) is 4.05. The number of amides is 1. The lowest BCUT2D eigenvalue weighted by Crippen LogP contribution is -2.43. The van der Waals surface area contributed by atoms with Crippen LogP contribution in [0.4, 0.5) is 6.01 Å². The molecule has 1 fully saturated rings. The predicted molar refractivity (Wildman–Crippen MR) is 129 cm³/mol. The molecule has 8 nitrogen and oxygen atoms in total. The highest BCUT2D eigenvalue weighted by Gasteiger charge is 2.32. The molecule has 3 aromatic rings. The molecule has 0 saturated carbocycles. The maximum absolute atomic E-state index is 13.1. The summed E-state index contributed by atoms with van der Waals surface area (Å²) in [5.74, 6) is -0.0539. The number of aromatic nitrogens is 2. The van der Waals surface area contributed by atoms with Crippen LogP contribution in [0.15, 0.2) is 51.8 Å². The second-order valence-corrected chi connectivity index (χ2v) is 10.6. The number of anilines is 1. The Labute approximate surface area is 200 Å². The van der Waals surface area contributed by atoms with Crippen molar-refractivity contribution in [2.45, 2.75) is 63.8 Å². The van der Waals surface area contributed by atoms with E-state index in [1.807, 2.05) is 26.0 Å². The van der Waals surface area contributed by atoms with Crippen LogP contribution in [0.1, 0.15) is 65.5 Å². The van der Waals surface area contributed by atoms with Gasteiger partial charge in [-0.2, -0.15) is 4.31 Å². The number of hydrogen-bond acceptors (Lipinski definition) is 6.